The van der Waals surface area contributed by atoms with Crippen LogP contribution in [0.3, 0.4) is 0 Å². The fraction of sp³-hybridized carbons (Fsp3) is 1.00. The van der Waals surface area contributed by atoms with Gasteiger partial charge in [-0.1, -0.05) is 13.3 Å². The molecule has 0 radical (unpaired) electrons. The summed E-state index contributed by atoms with van der Waals surface area (Å²) in [5, 5.41) is 10.4. The van der Waals surface area contributed by atoms with Crippen LogP contribution in [-0.2, 0) is 0 Å². The summed E-state index contributed by atoms with van der Waals surface area (Å²) in [7, 11) is 0. The van der Waals surface area contributed by atoms with Gasteiger partial charge in [-0.3, -0.25) is 0 Å². The second kappa shape index (κ2) is 3.48. The average molecular weight is 208 g/mol. The third-order valence-corrected chi connectivity index (χ3v) is 5.35. The zero-order valence-corrected chi connectivity index (χ0v) is 9.91. The van der Waals surface area contributed by atoms with Crippen molar-refractivity contribution < 1.29 is 5.11 Å². The van der Waals surface area contributed by atoms with Gasteiger partial charge in [-0.05, 0) is 68.1 Å². The number of hydrogen-bond donors (Lipinski definition) is 1. The van der Waals surface area contributed by atoms with Gasteiger partial charge >= 0.3 is 0 Å². The van der Waals surface area contributed by atoms with Crippen molar-refractivity contribution in [3.05, 3.63) is 0 Å². The maximum Gasteiger partial charge on any atom is 0.0596 e. The molecule has 0 heterocycles. The topological polar surface area (TPSA) is 20.2 Å². The second-order valence-corrected chi connectivity index (χ2v) is 6.58. The molecule has 1 N–H and O–H groups in total. The van der Waals surface area contributed by atoms with Crippen molar-refractivity contribution >= 4 is 0 Å². The lowest BCUT2D eigenvalue weighted by molar-refractivity contribution is -0.122. The van der Waals surface area contributed by atoms with Gasteiger partial charge in [0, 0.05) is 0 Å². The van der Waals surface area contributed by atoms with Crippen LogP contribution in [0.5, 0.6) is 0 Å². The van der Waals surface area contributed by atoms with E-state index < -0.39 is 0 Å². The quantitative estimate of drug-likeness (QED) is 0.754. The summed E-state index contributed by atoms with van der Waals surface area (Å²) in [6.45, 7) is 2.20. The fourth-order valence-corrected chi connectivity index (χ4v) is 5.17. The zero-order chi connectivity index (χ0) is 10.5. The SMILES string of the molecule is CCC[C@H](O)C12CC3CC(CC(C3)C1)C2. The van der Waals surface area contributed by atoms with Gasteiger partial charge in [0.1, 0.15) is 0 Å². The first-order chi connectivity index (χ1) is 7.22. The van der Waals surface area contributed by atoms with Crippen LogP contribution in [0.1, 0.15) is 58.3 Å². The molecule has 1 heteroatoms. The molecular formula is C14H24O. The Hall–Kier alpha value is -0.0400. The Labute approximate surface area is 93.3 Å². The lowest BCUT2D eigenvalue weighted by Crippen LogP contribution is -2.51. The molecule has 0 amide bonds. The van der Waals surface area contributed by atoms with Gasteiger partial charge in [0.2, 0.25) is 0 Å². The predicted molar refractivity (Wildman–Crippen MR) is 61.5 cm³/mol. The molecule has 4 aliphatic carbocycles. The van der Waals surface area contributed by atoms with E-state index in [0.29, 0.717) is 5.41 Å². The van der Waals surface area contributed by atoms with Gasteiger partial charge in [0.15, 0.2) is 0 Å². The van der Waals surface area contributed by atoms with E-state index in [0.717, 1.165) is 30.6 Å². The van der Waals surface area contributed by atoms with E-state index in [1.54, 1.807) is 0 Å². The maximum absolute atomic E-state index is 10.4. The van der Waals surface area contributed by atoms with Crippen LogP contribution in [0.25, 0.3) is 0 Å². The molecule has 0 aromatic carbocycles. The van der Waals surface area contributed by atoms with Crippen LogP contribution >= 0.6 is 0 Å². The van der Waals surface area contributed by atoms with Crippen molar-refractivity contribution in [2.45, 2.75) is 64.4 Å². The predicted octanol–water partition coefficient (Wildman–Crippen LogP) is 3.36. The summed E-state index contributed by atoms with van der Waals surface area (Å²) in [6, 6.07) is 0. The molecule has 4 rings (SSSR count). The van der Waals surface area contributed by atoms with Gasteiger partial charge in [0.05, 0.1) is 6.10 Å². The van der Waals surface area contributed by atoms with Crippen LogP contribution in [0, 0.1) is 23.2 Å². The van der Waals surface area contributed by atoms with Gasteiger partial charge in [0.25, 0.3) is 0 Å². The van der Waals surface area contributed by atoms with Crippen molar-refractivity contribution in [3.8, 4) is 0 Å². The Kier molecular flexibility index (Phi) is 2.35. The van der Waals surface area contributed by atoms with Crippen molar-refractivity contribution in [1.29, 1.82) is 0 Å². The Morgan fingerprint density at radius 2 is 1.53 bits per heavy atom. The van der Waals surface area contributed by atoms with Crippen molar-refractivity contribution in [3.63, 3.8) is 0 Å². The first kappa shape index (κ1) is 10.1. The molecule has 4 aliphatic rings. The molecule has 0 aliphatic heterocycles. The highest BCUT2D eigenvalue weighted by atomic mass is 16.3. The van der Waals surface area contributed by atoms with Crippen molar-refractivity contribution in [2.24, 2.45) is 23.2 Å². The minimum absolute atomic E-state index is 0.0101. The molecular weight excluding hydrogens is 184 g/mol. The van der Waals surface area contributed by atoms with E-state index in [1.807, 2.05) is 0 Å². The maximum atomic E-state index is 10.4. The molecule has 4 bridgehead atoms. The minimum atomic E-state index is 0.0101. The molecule has 4 saturated carbocycles. The standard InChI is InChI=1S/C14H24O/c1-2-3-13(15)14-7-10-4-11(8-14)6-12(5-10)9-14/h10-13,15H,2-9H2,1H3/t10?,11?,12?,13-,14?/m0/s1. The average Bonchev–Trinajstić information content (AvgIpc) is 2.15. The van der Waals surface area contributed by atoms with Crippen LogP contribution in [0.4, 0.5) is 0 Å². The molecule has 4 fully saturated rings. The summed E-state index contributed by atoms with van der Waals surface area (Å²) in [5.41, 5.74) is 0.366. The lowest BCUT2D eigenvalue weighted by atomic mass is 9.48. The Morgan fingerprint density at radius 3 is 1.93 bits per heavy atom. The third-order valence-electron chi connectivity index (χ3n) is 5.35. The summed E-state index contributed by atoms with van der Waals surface area (Å²) in [4.78, 5) is 0. The normalized spacial score (nSPS) is 49.6. The molecule has 0 saturated heterocycles. The first-order valence-corrected chi connectivity index (χ1v) is 6.90. The van der Waals surface area contributed by atoms with Crippen molar-refractivity contribution in [2.75, 3.05) is 0 Å². The summed E-state index contributed by atoms with van der Waals surface area (Å²) < 4.78 is 0. The molecule has 1 nitrogen and oxygen atoms in total. The van der Waals surface area contributed by atoms with E-state index >= 15 is 0 Å². The van der Waals surface area contributed by atoms with Gasteiger partial charge in [-0.25, -0.2) is 0 Å². The van der Waals surface area contributed by atoms with E-state index in [-0.39, 0.29) is 6.10 Å². The van der Waals surface area contributed by atoms with E-state index in [9.17, 15) is 5.11 Å². The number of hydrogen-bond acceptors (Lipinski definition) is 1. The molecule has 86 valence electrons. The summed E-state index contributed by atoms with van der Waals surface area (Å²) in [5.74, 6) is 2.92. The Morgan fingerprint density at radius 1 is 1.07 bits per heavy atom. The second-order valence-electron chi connectivity index (χ2n) is 6.58. The Bertz CT molecular complexity index is 210. The third kappa shape index (κ3) is 1.54. The van der Waals surface area contributed by atoms with Crippen LogP contribution in [0.15, 0.2) is 0 Å². The van der Waals surface area contributed by atoms with E-state index in [1.165, 1.54) is 38.5 Å². The smallest absolute Gasteiger partial charge is 0.0596 e. The minimum Gasteiger partial charge on any atom is -0.393 e. The van der Waals surface area contributed by atoms with E-state index in [4.69, 9.17) is 0 Å². The van der Waals surface area contributed by atoms with Crippen LogP contribution in [-0.4, -0.2) is 11.2 Å². The van der Waals surface area contributed by atoms with Crippen molar-refractivity contribution in [1.82, 2.24) is 0 Å². The largest absolute Gasteiger partial charge is 0.393 e. The van der Waals surface area contributed by atoms with Gasteiger partial charge in [-0.15, -0.1) is 0 Å². The van der Waals surface area contributed by atoms with E-state index in [2.05, 4.69) is 6.92 Å². The van der Waals surface area contributed by atoms with Crippen LogP contribution < -0.4 is 0 Å². The molecule has 0 aromatic heterocycles. The summed E-state index contributed by atoms with van der Waals surface area (Å²) in [6.07, 6.45) is 10.7. The highest BCUT2D eigenvalue weighted by Crippen LogP contribution is 2.61. The molecule has 0 unspecified atom stereocenters. The molecule has 0 spiro atoms. The molecule has 15 heavy (non-hydrogen) atoms. The molecule has 1 atom stereocenters. The Balaban J connectivity index is 1.80. The number of aliphatic hydroxyl groups is 1. The molecule has 0 aromatic rings. The lowest BCUT2D eigenvalue weighted by Gasteiger charge is -2.58. The highest BCUT2D eigenvalue weighted by molar-refractivity contribution is 5.04. The number of rotatable bonds is 3. The van der Waals surface area contributed by atoms with Gasteiger partial charge in [-0.2, -0.15) is 0 Å². The monoisotopic (exact) mass is 208 g/mol. The van der Waals surface area contributed by atoms with Gasteiger partial charge < -0.3 is 5.11 Å². The zero-order valence-electron chi connectivity index (χ0n) is 9.91. The van der Waals surface area contributed by atoms with Crippen LogP contribution in [0.2, 0.25) is 0 Å². The summed E-state index contributed by atoms with van der Waals surface area (Å²) >= 11 is 0. The number of aliphatic hydroxyl groups excluding tert-OH is 1. The fourth-order valence-electron chi connectivity index (χ4n) is 5.17. The highest BCUT2D eigenvalue weighted by Gasteiger charge is 2.53. The first-order valence-electron chi connectivity index (χ1n) is 6.90.